The lowest BCUT2D eigenvalue weighted by Gasteiger charge is -2.14. The molecule has 8 rings (SSSR count). The molecule has 0 radical (unpaired) electrons. The Kier molecular flexibility index (Phi) is 8.20. The number of aromatic nitrogens is 6. The van der Waals surface area contributed by atoms with E-state index < -0.39 is 0 Å². The van der Waals surface area contributed by atoms with Gasteiger partial charge in [-0.15, -0.1) is 0 Å². The summed E-state index contributed by atoms with van der Waals surface area (Å²) in [6.45, 7) is 0. The van der Waals surface area contributed by atoms with Crippen molar-refractivity contribution in [3.8, 4) is 79.5 Å². The van der Waals surface area contributed by atoms with Crippen LogP contribution in [0.2, 0.25) is 5.02 Å². The van der Waals surface area contributed by atoms with Gasteiger partial charge in [-0.3, -0.25) is 0 Å². The van der Waals surface area contributed by atoms with Gasteiger partial charge in [-0.05, 0) is 23.3 Å². The second kappa shape index (κ2) is 13.4. The van der Waals surface area contributed by atoms with E-state index in [1.807, 2.05) is 158 Å². The number of hydrogen-bond donors (Lipinski definition) is 0. The fourth-order valence-electron chi connectivity index (χ4n) is 5.65. The summed E-state index contributed by atoms with van der Waals surface area (Å²) >= 11 is 6.92. The molecule has 0 amide bonds. The molecule has 0 atom stereocenters. The molecular weight excluding hydrogens is 624 g/mol. The lowest BCUT2D eigenvalue weighted by atomic mass is 9.97. The van der Waals surface area contributed by atoms with Crippen molar-refractivity contribution < 1.29 is 0 Å². The van der Waals surface area contributed by atoms with Crippen LogP contribution in [0.3, 0.4) is 0 Å². The maximum Gasteiger partial charge on any atom is 0.165 e. The summed E-state index contributed by atoms with van der Waals surface area (Å²) in [4.78, 5) is 29.6. The minimum absolute atomic E-state index is 0.481. The highest BCUT2D eigenvalue weighted by Gasteiger charge is 2.18. The van der Waals surface area contributed by atoms with E-state index >= 15 is 0 Å². The summed E-state index contributed by atoms with van der Waals surface area (Å²) < 4.78 is 0. The SMILES string of the molecule is Clc1ccc(-c2ccccc2-c2nc(-c3ccccc3)nc(-c3ccccc3)n2)cc1-c1nc(-c2ccccc2)nc(-c2ccccc2)n1. The van der Waals surface area contributed by atoms with Gasteiger partial charge in [0.15, 0.2) is 34.9 Å². The van der Waals surface area contributed by atoms with Crippen molar-refractivity contribution in [2.45, 2.75) is 0 Å². The minimum atomic E-state index is 0.481. The second-order valence-electron chi connectivity index (χ2n) is 11.3. The van der Waals surface area contributed by atoms with Crippen LogP contribution in [-0.4, -0.2) is 29.9 Å². The Balaban J connectivity index is 1.28. The van der Waals surface area contributed by atoms with Gasteiger partial charge < -0.3 is 0 Å². The van der Waals surface area contributed by atoms with E-state index in [-0.39, 0.29) is 0 Å². The number of nitrogens with zero attached hydrogens (tertiary/aromatic N) is 6. The Hall–Kier alpha value is -6.37. The quantitative estimate of drug-likeness (QED) is 0.171. The van der Waals surface area contributed by atoms with Crippen molar-refractivity contribution in [1.29, 1.82) is 0 Å². The number of halogens is 1. The molecule has 0 aliphatic rings. The normalized spacial score (nSPS) is 11.0. The Morgan fingerprint density at radius 3 is 1.00 bits per heavy atom. The van der Waals surface area contributed by atoms with E-state index in [0.29, 0.717) is 45.5 Å². The molecule has 0 saturated heterocycles. The van der Waals surface area contributed by atoms with Gasteiger partial charge in [0.05, 0.1) is 5.02 Å². The van der Waals surface area contributed by atoms with E-state index in [1.54, 1.807) is 0 Å². The van der Waals surface area contributed by atoms with Gasteiger partial charge >= 0.3 is 0 Å². The number of benzene rings is 6. The largest absolute Gasteiger partial charge is 0.208 e. The monoisotopic (exact) mass is 650 g/mol. The van der Waals surface area contributed by atoms with Gasteiger partial charge in [-0.25, -0.2) is 29.9 Å². The lowest BCUT2D eigenvalue weighted by Crippen LogP contribution is -2.01. The van der Waals surface area contributed by atoms with Crippen LogP contribution >= 0.6 is 11.6 Å². The molecule has 0 bridgehead atoms. The van der Waals surface area contributed by atoms with Crippen LogP contribution < -0.4 is 0 Å². The molecule has 2 heterocycles. The summed E-state index contributed by atoms with van der Waals surface area (Å²) in [6.07, 6.45) is 0. The van der Waals surface area contributed by atoms with Gasteiger partial charge in [0.2, 0.25) is 0 Å². The topological polar surface area (TPSA) is 77.3 Å². The standard InChI is InChI=1S/C42H27ClN6/c43-36-26-25-32(27-35(36)42-48-39(30-19-9-3-10-20-30)45-40(49-42)31-21-11-4-12-22-31)33-23-13-14-24-34(33)41-46-37(28-15-5-1-6-16-28)44-38(47-41)29-17-7-2-8-18-29/h1-27H. The summed E-state index contributed by atoms with van der Waals surface area (Å²) in [5.74, 6) is 3.38. The van der Waals surface area contributed by atoms with E-state index in [9.17, 15) is 0 Å². The fraction of sp³-hybridized carbons (Fsp3) is 0. The zero-order valence-corrected chi connectivity index (χ0v) is 26.9. The molecule has 6 aromatic carbocycles. The first kappa shape index (κ1) is 30.0. The van der Waals surface area contributed by atoms with Crippen molar-refractivity contribution in [3.05, 3.63) is 169 Å². The number of hydrogen-bond acceptors (Lipinski definition) is 6. The first-order chi connectivity index (χ1) is 24.2. The van der Waals surface area contributed by atoms with Gasteiger partial charge in [0.25, 0.3) is 0 Å². The molecule has 0 fully saturated rings. The van der Waals surface area contributed by atoms with Crippen molar-refractivity contribution >= 4 is 11.6 Å². The van der Waals surface area contributed by atoms with Crippen LogP contribution in [0.4, 0.5) is 0 Å². The Morgan fingerprint density at radius 1 is 0.265 bits per heavy atom. The third kappa shape index (κ3) is 6.33. The maximum atomic E-state index is 6.92. The van der Waals surface area contributed by atoms with Gasteiger partial charge in [-0.1, -0.05) is 163 Å². The molecule has 7 heteroatoms. The molecule has 0 aliphatic heterocycles. The third-order valence-corrected chi connectivity index (χ3v) is 8.41. The molecule has 0 N–H and O–H groups in total. The molecule has 0 unspecified atom stereocenters. The van der Waals surface area contributed by atoms with Crippen molar-refractivity contribution in [3.63, 3.8) is 0 Å². The average Bonchev–Trinajstić information content (AvgIpc) is 3.19. The van der Waals surface area contributed by atoms with Crippen molar-refractivity contribution in [2.75, 3.05) is 0 Å². The molecule has 8 aromatic rings. The molecular formula is C42H27ClN6. The Labute approximate surface area is 288 Å². The van der Waals surface area contributed by atoms with Crippen LogP contribution in [0.1, 0.15) is 0 Å². The van der Waals surface area contributed by atoms with Crippen LogP contribution in [-0.2, 0) is 0 Å². The van der Waals surface area contributed by atoms with E-state index in [2.05, 4.69) is 6.07 Å². The van der Waals surface area contributed by atoms with Gasteiger partial charge in [-0.2, -0.15) is 0 Å². The molecule has 6 nitrogen and oxygen atoms in total. The lowest BCUT2D eigenvalue weighted by molar-refractivity contribution is 1.07. The van der Waals surface area contributed by atoms with Crippen LogP contribution in [0, 0.1) is 0 Å². The predicted molar refractivity (Wildman–Crippen MR) is 196 cm³/mol. The highest BCUT2D eigenvalue weighted by atomic mass is 35.5. The summed E-state index contributed by atoms with van der Waals surface area (Å²) in [6, 6.07) is 53.7. The average molecular weight is 651 g/mol. The molecule has 232 valence electrons. The second-order valence-corrected chi connectivity index (χ2v) is 11.7. The highest BCUT2D eigenvalue weighted by molar-refractivity contribution is 6.33. The van der Waals surface area contributed by atoms with Crippen LogP contribution in [0.5, 0.6) is 0 Å². The summed E-state index contributed by atoms with van der Waals surface area (Å²) in [7, 11) is 0. The first-order valence-electron chi connectivity index (χ1n) is 15.8. The first-order valence-corrected chi connectivity index (χ1v) is 16.2. The Morgan fingerprint density at radius 2 is 0.592 bits per heavy atom. The van der Waals surface area contributed by atoms with Crippen LogP contribution in [0.25, 0.3) is 79.5 Å². The van der Waals surface area contributed by atoms with Crippen molar-refractivity contribution in [1.82, 2.24) is 29.9 Å². The summed E-state index contributed by atoms with van der Waals surface area (Å²) in [5, 5.41) is 0.531. The minimum Gasteiger partial charge on any atom is -0.208 e. The molecule has 0 saturated carbocycles. The van der Waals surface area contributed by atoms with Crippen LogP contribution in [0.15, 0.2) is 164 Å². The number of rotatable bonds is 7. The third-order valence-electron chi connectivity index (χ3n) is 8.09. The zero-order chi connectivity index (χ0) is 33.0. The maximum absolute atomic E-state index is 6.92. The smallest absolute Gasteiger partial charge is 0.165 e. The Bertz CT molecular complexity index is 2270. The molecule has 2 aromatic heterocycles. The predicted octanol–water partition coefficient (Wildman–Crippen LogP) is 10.4. The molecule has 49 heavy (non-hydrogen) atoms. The molecule has 0 spiro atoms. The van der Waals surface area contributed by atoms with Gasteiger partial charge in [0, 0.05) is 33.4 Å². The summed E-state index contributed by atoms with van der Waals surface area (Å²) in [5.41, 5.74) is 7.00. The van der Waals surface area contributed by atoms with Crippen molar-refractivity contribution in [2.24, 2.45) is 0 Å². The fourth-order valence-corrected chi connectivity index (χ4v) is 5.85. The van der Waals surface area contributed by atoms with Gasteiger partial charge in [0.1, 0.15) is 0 Å². The zero-order valence-electron chi connectivity index (χ0n) is 26.1. The van der Waals surface area contributed by atoms with E-state index in [4.69, 9.17) is 41.5 Å². The molecule has 0 aliphatic carbocycles. The van der Waals surface area contributed by atoms with E-state index in [0.717, 1.165) is 38.9 Å². The van der Waals surface area contributed by atoms with E-state index in [1.165, 1.54) is 0 Å². The highest BCUT2D eigenvalue weighted by Crippen LogP contribution is 2.37.